The number of nitrogens with two attached hydrogens (primary N) is 1. The zero-order valence-electron chi connectivity index (χ0n) is 10.4. The van der Waals surface area contributed by atoms with Gasteiger partial charge in [0.15, 0.2) is 0 Å². The van der Waals surface area contributed by atoms with Crippen molar-refractivity contribution in [1.82, 2.24) is 9.97 Å². The van der Waals surface area contributed by atoms with Gasteiger partial charge < -0.3 is 10.6 Å². The van der Waals surface area contributed by atoms with E-state index in [0.717, 1.165) is 6.54 Å². The number of nitrogens with zero attached hydrogens (tertiary/aromatic N) is 3. The van der Waals surface area contributed by atoms with Gasteiger partial charge >= 0.3 is 0 Å². The first-order valence-electron chi connectivity index (χ1n) is 6.19. The lowest BCUT2D eigenvalue weighted by Crippen LogP contribution is -2.28. The molecule has 0 aromatic carbocycles. The van der Waals surface area contributed by atoms with Gasteiger partial charge in [0.1, 0.15) is 11.5 Å². The zero-order chi connectivity index (χ0) is 13.2. The highest BCUT2D eigenvalue weighted by Gasteiger charge is 2.31. The summed E-state index contributed by atoms with van der Waals surface area (Å²) in [4.78, 5) is 10.9. The van der Waals surface area contributed by atoms with E-state index in [1.807, 2.05) is 0 Å². The van der Waals surface area contributed by atoms with Gasteiger partial charge in [-0.15, -0.1) is 0 Å². The average molecular weight is 273 g/mol. The van der Waals surface area contributed by atoms with Gasteiger partial charge in [-0.2, -0.15) is 11.3 Å². The Morgan fingerprint density at radius 1 is 1.47 bits per heavy atom. The molecule has 0 radical (unpaired) electrons. The van der Waals surface area contributed by atoms with Crippen molar-refractivity contribution in [2.24, 2.45) is 5.73 Å². The zero-order valence-corrected chi connectivity index (χ0v) is 11.2. The van der Waals surface area contributed by atoms with Gasteiger partial charge in [0.05, 0.1) is 0 Å². The summed E-state index contributed by atoms with van der Waals surface area (Å²) in [5, 5.41) is 11.7. The van der Waals surface area contributed by atoms with Crippen LogP contribution in [0.2, 0.25) is 0 Å². The molecule has 98 valence electrons. The summed E-state index contributed by atoms with van der Waals surface area (Å²) < 4.78 is 0. The van der Waals surface area contributed by atoms with Crippen LogP contribution in [0.25, 0.3) is 0 Å². The van der Waals surface area contributed by atoms with E-state index in [4.69, 9.17) is 11.1 Å². The maximum atomic E-state index is 7.46. The van der Waals surface area contributed by atoms with Crippen LogP contribution in [0.15, 0.2) is 29.1 Å². The second-order valence-corrected chi connectivity index (χ2v) is 5.43. The Morgan fingerprint density at radius 2 is 2.32 bits per heavy atom. The highest BCUT2D eigenvalue weighted by molar-refractivity contribution is 7.07. The summed E-state index contributed by atoms with van der Waals surface area (Å²) in [6, 6.07) is 4.30. The number of nitrogen functional groups attached to an aromatic ring is 1. The lowest BCUT2D eigenvalue weighted by molar-refractivity contribution is 0.759. The first-order valence-corrected chi connectivity index (χ1v) is 7.13. The maximum Gasteiger partial charge on any atom is 0.226 e. The second-order valence-electron chi connectivity index (χ2n) is 4.65. The third-order valence-corrected chi connectivity index (χ3v) is 3.83. The Kier molecular flexibility index (Phi) is 3.16. The van der Waals surface area contributed by atoms with Crippen molar-refractivity contribution >= 4 is 23.1 Å². The number of hydrogen-bond acceptors (Lipinski definition) is 5. The van der Waals surface area contributed by atoms with Gasteiger partial charge in [0.25, 0.3) is 0 Å². The number of nitrogens with one attached hydrogen (secondary N) is 1. The molecule has 2 heterocycles. The maximum absolute atomic E-state index is 7.46. The molecule has 0 bridgehead atoms. The van der Waals surface area contributed by atoms with Crippen molar-refractivity contribution in [1.29, 1.82) is 5.41 Å². The van der Waals surface area contributed by atoms with Crippen LogP contribution < -0.4 is 10.6 Å². The third kappa shape index (κ3) is 2.73. The molecule has 6 heteroatoms. The normalized spacial score (nSPS) is 14.3. The fourth-order valence-corrected chi connectivity index (χ4v) is 2.63. The minimum absolute atomic E-state index is 0.0186. The summed E-state index contributed by atoms with van der Waals surface area (Å²) in [7, 11) is 0. The molecular weight excluding hydrogens is 258 g/mol. The van der Waals surface area contributed by atoms with Gasteiger partial charge in [-0.05, 0) is 41.3 Å². The predicted octanol–water partition coefficient (Wildman–Crippen LogP) is 1.99. The summed E-state index contributed by atoms with van der Waals surface area (Å²) in [5.74, 6) is 0.649. The number of aromatic nitrogens is 2. The van der Waals surface area contributed by atoms with E-state index in [1.54, 1.807) is 23.6 Å². The van der Waals surface area contributed by atoms with Gasteiger partial charge in [0.2, 0.25) is 5.95 Å². The molecule has 0 spiro atoms. The van der Waals surface area contributed by atoms with E-state index >= 15 is 0 Å². The van der Waals surface area contributed by atoms with Crippen molar-refractivity contribution in [2.45, 2.75) is 25.4 Å². The monoisotopic (exact) mass is 273 g/mol. The van der Waals surface area contributed by atoms with Crippen molar-refractivity contribution in [2.75, 3.05) is 4.90 Å². The van der Waals surface area contributed by atoms with E-state index in [2.05, 4.69) is 31.7 Å². The quantitative estimate of drug-likeness (QED) is 0.645. The average Bonchev–Trinajstić information content (AvgIpc) is 3.13. The first-order chi connectivity index (χ1) is 9.24. The van der Waals surface area contributed by atoms with Gasteiger partial charge in [-0.3, -0.25) is 5.41 Å². The predicted molar refractivity (Wildman–Crippen MR) is 76.6 cm³/mol. The lowest BCUT2D eigenvalue weighted by atomic mass is 10.3. The van der Waals surface area contributed by atoms with Crippen LogP contribution in [-0.4, -0.2) is 21.8 Å². The molecular formula is C13H15N5S. The van der Waals surface area contributed by atoms with Gasteiger partial charge in [-0.1, -0.05) is 0 Å². The van der Waals surface area contributed by atoms with E-state index in [9.17, 15) is 0 Å². The Labute approximate surface area is 115 Å². The van der Waals surface area contributed by atoms with Crippen molar-refractivity contribution in [3.8, 4) is 0 Å². The molecule has 3 N–H and O–H groups in total. The van der Waals surface area contributed by atoms with Crippen LogP contribution in [0.1, 0.15) is 24.1 Å². The fourth-order valence-electron chi connectivity index (χ4n) is 1.97. The number of rotatable bonds is 5. The Hall–Kier alpha value is -1.95. The molecule has 19 heavy (non-hydrogen) atoms. The minimum atomic E-state index is -0.0186. The molecule has 1 fully saturated rings. The SMILES string of the molecule is N=C(N)c1ccnc(N(Cc2ccsc2)C2CC2)n1. The van der Waals surface area contributed by atoms with Crippen LogP contribution in [0, 0.1) is 5.41 Å². The molecule has 0 atom stereocenters. The van der Waals surface area contributed by atoms with Crippen LogP contribution in [0.4, 0.5) is 5.95 Å². The molecule has 3 rings (SSSR count). The number of anilines is 1. The third-order valence-electron chi connectivity index (χ3n) is 3.10. The van der Waals surface area contributed by atoms with E-state index in [0.29, 0.717) is 17.7 Å². The van der Waals surface area contributed by atoms with E-state index in [-0.39, 0.29) is 5.84 Å². The largest absolute Gasteiger partial charge is 0.382 e. The molecule has 0 saturated heterocycles. The van der Waals surface area contributed by atoms with Crippen LogP contribution >= 0.6 is 11.3 Å². The van der Waals surface area contributed by atoms with Crippen molar-refractivity contribution in [3.63, 3.8) is 0 Å². The summed E-state index contributed by atoms with van der Waals surface area (Å²) in [6.07, 6.45) is 4.03. The van der Waals surface area contributed by atoms with Crippen LogP contribution in [0.3, 0.4) is 0 Å². The standard InChI is InChI=1S/C13H15N5S/c14-12(15)11-3-5-16-13(17-11)18(10-1-2-10)7-9-4-6-19-8-9/h3-6,8,10H,1-2,7H2,(H3,14,15). The minimum Gasteiger partial charge on any atom is -0.382 e. The summed E-state index contributed by atoms with van der Waals surface area (Å²) in [6.45, 7) is 0.815. The molecule has 2 aromatic heterocycles. The first kappa shape index (κ1) is 12.1. The lowest BCUT2D eigenvalue weighted by Gasteiger charge is -2.22. The highest BCUT2D eigenvalue weighted by atomic mass is 32.1. The molecule has 1 saturated carbocycles. The molecule has 5 nitrogen and oxygen atoms in total. The highest BCUT2D eigenvalue weighted by Crippen LogP contribution is 2.31. The topological polar surface area (TPSA) is 78.9 Å². The van der Waals surface area contributed by atoms with Crippen molar-refractivity contribution < 1.29 is 0 Å². The Morgan fingerprint density at radius 3 is 2.95 bits per heavy atom. The molecule has 0 unspecified atom stereocenters. The van der Waals surface area contributed by atoms with Crippen LogP contribution in [0.5, 0.6) is 0 Å². The number of thiophene rings is 1. The molecule has 0 amide bonds. The Balaban J connectivity index is 1.87. The summed E-state index contributed by atoms with van der Waals surface area (Å²) in [5.41, 5.74) is 7.25. The van der Waals surface area contributed by atoms with Gasteiger partial charge in [-0.25, -0.2) is 9.97 Å². The van der Waals surface area contributed by atoms with Crippen LogP contribution in [-0.2, 0) is 6.54 Å². The second kappa shape index (κ2) is 4.97. The van der Waals surface area contributed by atoms with E-state index < -0.39 is 0 Å². The van der Waals surface area contributed by atoms with Gasteiger partial charge in [0, 0.05) is 18.8 Å². The number of amidine groups is 1. The smallest absolute Gasteiger partial charge is 0.226 e. The van der Waals surface area contributed by atoms with E-state index in [1.165, 1.54) is 18.4 Å². The molecule has 1 aliphatic rings. The number of hydrogen-bond donors (Lipinski definition) is 2. The van der Waals surface area contributed by atoms with Crippen molar-refractivity contribution in [3.05, 3.63) is 40.3 Å². The molecule has 2 aromatic rings. The summed E-state index contributed by atoms with van der Waals surface area (Å²) >= 11 is 1.70. The molecule has 0 aliphatic heterocycles. The fraction of sp³-hybridized carbons (Fsp3) is 0.308. The molecule has 1 aliphatic carbocycles. The Bertz CT molecular complexity index is 576.